The third-order valence-corrected chi connectivity index (χ3v) is 4.97. The second-order valence-corrected chi connectivity index (χ2v) is 6.99. The van der Waals surface area contributed by atoms with E-state index >= 15 is 0 Å². The largest absolute Gasteiger partial charge is 0.350 e. The van der Waals surface area contributed by atoms with E-state index in [1.807, 2.05) is 48.5 Å². The minimum atomic E-state index is -0.443. The molecule has 1 aromatic heterocycles. The molecule has 2 amide bonds. The molecule has 1 saturated heterocycles. The van der Waals surface area contributed by atoms with E-state index in [2.05, 4.69) is 15.7 Å². The van der Waals surface area contributed by atoms with Gasteiger partial charge in [0.15, 0.2) is 0 Å². The molecule has 0 bridgehead atoms. The molecule has 1 aliphatic rings. The molecular formula is C20H27N5O2. The van der Waals surface area contributed by atoms with Crippen molar-refractivity contribution in [1.82, 2.24) is 25.3 Å². The second-order valence-electron chi connectivity index (χ2n) is 6.99. The molecule has 2 atom stereocenters. The molecule has 1 aliphatic heterocycles. The maximum Gasteiger partial charge on any atom is 0.242 e. The van der Waals surface area contributed by atoms with Crippen molar-refractivity contribution in [2.45, 2.75) is 31.3 Å². The Kier molecular flexibility index (Phi) is 6.24. The number of nitrogens with one attached hydrogen (secondary N) is 2. The Hall–Kier alpha value is -2.67. The fourth-order valence-electron chi connectivity index (χ4n) is 3.48. The van der Waals surface area contributed by atoms with Gasteiger partial charge in [-0.3, -0.25) is 14.3 Å². The van der Waals surface area contributed by atoms with E-state index < -0.39 is 6.04 Å². The number of likely N-dealkylation sites (tertiary alicyclic amines) is 1. The summed E-state index contributed by atoms with van der Waals surface area (Å²) in [7, 11) is 3.58. The van der Waals surface area contributed by atoms with Crippen molar-refractivity contribution in [1.29, 1.82) is 0 Å². The number of aryl methyl sites for hydroxylation is 2. The van der Waals surface area contributed by atoms with Crippen LogP contribution in [0, 0.1) is 0 Å². The second kappa shape index (κ2) is 8.81. The van der Waals surface area contributed by atoms with Gasteiger partial charge in [-0.2, -0.15) is 5.10 Å². The van der Waals surface area contributed by atoms with Crippen LogP contribution in [-0.4, -0.2) is 52.7 Å². The van der Waals surface area contributed by atoms with E-state index in [4.69, 9.17) is 0 Å². The lowest BCUT2D eigenvalue weighted by atomic mass is 10.1. The number of hydrogen-bond acceptors (Lipinski definition) is 4. The molecule has 144 valence electrons. The van der Waals surface area contributed by atoms with Gasteiger partial charge in [-0.15, -0.1) is 0 Å². The normalized spacial score (nSPS) is 17.7. The van der Waals surface area contributed by atoms with Gasteiger partial charge in [0.1, 0.15) is 6.04 Å². The molecule has 0 saturated carbocycles. The van der Waals surface area contributed by atoms with Crippen molar-refractivity contribution >= 4 is 11.8 Å². The number of nitrogens with zero attached hydrogens (tertiary/aromatic N) is 3. The Balaban J connectivity index is 1.48. The van der Waals surface area contributed by atoms with Crippen LogP contribution in [0.4, 0.5) is 0 Å². The smallest absolute Gasteiger partial charge is 0.242 e. The van der Waals surface area contributed by atoms with E-state index in [9.17, 15) is 9.59 Å². The maximum absolute atomic E-state index is 12.6. The highest BCUT2D eigenvalue weighted by atomic mass is 16.2. The molecule has 0 radical (unpaired) electrons. The van der Waals surface area contributed by atoms with E-state index in [-0.39, 0.29) is 17.9 Å². The number of benzene rings is 1. The summed E-state index contributed by atoms with van der Waals surface area (Å²) in [5.74, 6) is 0.0575. The number of likely N-dealkylation sites (N-methyl/N-ethyl adjacent to an activating group) is 1. The molecule has 1 fully saturated rings. The molecule has 7 nitrogen and oxygen atoms in total. The summed E-state index contributed by atoms with van der Waals surface area (Å²) in [5, 5.41) is 10.2. The van der Waals surface area contributed by atoms with Crippen LogP contribution in [0.2, 0.25) is 0 Å². The van der Waals surface area contributed by atoms with Crippen molar-refractivity contribution in [3.05, 3.63) is 53.9 Å². The van der Waals surface area contributed by atoms with Crippen LogP contribution >= 0.6 is 0 Å². The van der Waals surface area contributed by atoms with E-state index in [0.29, 0.717) is 19.5 Å². The lowest BCUT2D eigenvalue weighted by Gasteiger charge is -2.20. The molecular weight excluding hydrogens is 342 g/mol. The molecule has 27 heavy (non-hydrogen) atoms. The van der Waals surface area contributed by atoms with Gasteiger partial charge in [0, 0.05) is 44.4 Å². The van der Waals surface area contributed by atoms with E-state index in [0.717, 1.165) is 18.4 Å². The number of amides is 2. The predicted molar refractivity (Wildman–Crippen MR) is 103 cm³/mol. The SMILES string of the molecule is CNC(C(=O)NC1CCN(C(=O)CCc2ccccc2)C1)c1cnn(C)c1. The highest BCUT2D eigenvalue weighted by Crippen LogP contribution is 2.15. The van der Waals surface area contributed by atoms with Crippen LogP contribution in [0.5, 0.6) is 0 Å². The van der Waals surface area contributed by atoms with E-state index in [1.165, 1.54) is 5.56 Å². The van der Waals surface area contributed by atoms with Gasteiger partial charge in [0.05, 0.1) is 6.20 Å². The third-order valence-electron chi connectivity index (χ3n) is 4.97. The summed E-state index contributed by atoms with van der Waals surface area (Å²) in [5.41, 5.74) is 1.99. The van der Waals surface area contributed by atoms with Crippen molar-refractivity contribution in [2.75, 3.05) is 20.1 Å². The molecule has 2 aromatic rings. The van der Waals surface area contributed by atoms with Crippen LogP contribution in [-0.2, 0) is 23.1 Å². The Bertz CT molecular complexity index is 774. The molecule has 3 rings (SSSR count). The number of carbonyl (C=O) groups excluding carboxylic acids is 2. The number of hydrogen-bond donors (Lipinski definition) is 2. The summed E-state index contributed by atoms with van der Waals surface area (Å²) in [6.45, 7) is 1.26. The summed E-state index contributed by atoms with van der Waals surface area (Å²) in [6, 6.07) is 9.58. The molecule has 2 unspecified atom stereocenters. The number of aromatic nitrogens is 2. The van der Waals surface area contributed by atoms with E-state index in [1.54, 1.807) is 17.9 Å². The van der Waals surface area contributed by atoms with Gasteiger partial charge in [-0.1, -0.05) is 30.3 Å². The highest BCUT2D eigenvalue weighted by Gasteiger charge is 2.29. The zero-order valence-corrected chi connectivity index (χ0v) is 15.9. The molecule has 0 aliphatic carbocycles. The highest BCUT2D eigenvalue weighted by molar-refractivity contribution is 5.83. The van der Waals surface area contributed by atoms with Crippen LogP contribution in [0.25, 0.3) is 0 Å². The molecule has 2 heterocycles. The average molecular weight is 369 g/mol. The summed E-state index contributed by atoms with van der Waals surface area (Å²) in [6.07, 6.45) is 5.55. The quantitative estimate of drug-likeness (QED) is 0.764. The molecule has 1 aromatic carbocycles. The van der Waals surface area contributed by atoms with Crippen LogP contribution < -0.4 is 10.6 Å². The van der Waals surface area contributed by atoms with Crippen LogP contribution in [0.15, 0.2) is 42.7 Å². The zero-order chi connectivity index (χ0) is 19.2. The fourth-order valence-corrected chi connectivity index (χ4v) is 3.48. The molecule has 7 heteroatoms. The Morgan fingerprint density at radius 3 is 2.74 bits per heavy atom. The molecule has 2 N–H and O–H groups in total. The van der Waals surface area contributed by atoms with Gasteiger partial charge in [-0.05, 0) is 25.5 Å². The fraction of sp³-hybridized carbons (Fsp3) is 0.450. The standard InChI is InChI=1S/C20H27N5O2/c1-21-19(16-12-22-24(2)13-16)20(27)23-17-10-11-25(14-17)18(26)9-8-15-6-4-3-5-7-15/h3-7,12-13,17,19,21H,8-11,14H2,1-2H3,(H,23,27). The third kappa shape index (κ3) is 4.95. The first-order valence-electron chi connectivity index (χ1n) is 9.34. The Morgan fingerprint density at radius 2 is 2.07 bits per heavy atom. The topological polar surface area (TPSA) is 79.3 Å². The van der Waals surface area contributed by atoms with Gasteiger partial charge in [0.25, 0.3) is 0 Å². The Labute approximate surface area is 159 Å². The van der Waals surface area contributed by atoms with Gasteiger partial charge in [-0.25, -0.2) is 0 Å². The minimum Gasteiger partial charge on any atom is -0.350 e. The Morgan fingerprint density at radius 1 is 1.30 bits per heavy atom. The lowest BCUT2D eigenvalue weighted by molar-refractivity contribution is -0.130. The van der Waals surface area contributed by atoms with Gasteiger partial charge >= 0.3 is 0 Å². The van der Waals surface area contributed by atoms with Crippen LogP contribution in [0.3, 0.4) is 0 Å². The van der Waals surface area contributed by atoms with Gasteiger partial charge < -0.3 is 15.5 Å². The first-order chi connectivity index (χ1) is 13.1. The van der Waals surface area contributed by atoms with Gasteiger partial charge in [0.2, 0.25) is 11.8 Å². The summed E-state index contributed by atoms with van der Waals surface area (Å²) < 4.78 is 1.68. The number of rotatable bonds is 7. The molecule has 0 spiro atoms. The van der Waals surface area contributed by atoms with Crippen LogP contribution in [0.1, 0.15) is 30.0 Å². The maximum atomic E-state index is 12.6. The van der Waals surface area contributed by atoms with Crippen molar-refractivity contribution in [2.24, 2.45) is 7.05 Å². The van der Waals surface area contributed by atoms with Crippen molar-refractivity contribution in [3.63, 3.8) is 0 Å². The number of carbonyl (C=O) groups is 2. The minimum absolute atomic E-state index is 0.00861. The lowest BCUT2D eigenvalue weighted by Crippen LogP contribution is -2.43. The monoisotopic (exact) mass is 369 g/mol. The van der Waals surface area contributed by atoms with Crippen molar-refractivity contribution < 1.29 is 9.59 Å². The van der Waals surface area contributed by atoms with Crippen molar-refractivity contribution in [3.8, 4) is 0 Å². The zero-order valence-electron chi connectivity index (χ0n) is 15.9. The first-order valence-corrected chi connectivity index (χ1v) is 9.34. The predicted octanol–water partition coefficient (Wildman–Crippen LogP) is 1.03. The summed E-state index contributed by atoms with van der Waals surface area (Å²) in [4.78, 5) is 26.9. The summed E-state index contributed by atoms with van der Waals surface area (Å²) >= 11 is 0. The average Bonchev–Trinajstić information content (AvgIpc) is 3.30. The first kappa shape index (κ1) is 19.1.